The van der Waals surface area contributed by atoms with E-state index in [-0.39, 0.29) is 32.6 Å². The SMILES string of the molecule is C.C.Cc1cnc(OC2CCC(Oc3cc(N4CC5CC(C4)O5)cc4ncc(=O)n(C)c34)CC2)nc1. The van der Waals surface area contributed by atoms with Crippen molar-refractivity contribution in [2.24, 2.45) is 7.05 Å². The molecule has 2 aromatic heterocycles. The Balaban J connectivity index is 0.00000152. The first-order valence-corrected chi connectivity index (χ1v) is 12.0. The number of nitrogens with zero attached hydrogens (tertiary/aromatic N) is 5. The minimum atomic E-state index is -0.145. The Morgan fingerprint density at radius 1 is 0.917 bits per heavy atom. The van der Waals surface area contributed by atoms with E-state index >= 15 is 0 Å². The maximum Gasteiger partial charge on any atom is 0.316 e. The summed E-state index contributed by atoms with van der Waals surface area (Å²) in [4.78, 5) is 27.6. The molecule has 2 bridgehead atoms. The molecule has 4 aliphatic rings. The number of hydrogen-bond donors (Lipinski definition) is 0. The fourth-order valence-corrected chi connectivity index (χ4v) is 5.21. The summed E-state index contributed by atoms with van der Waals surface area (Å²) >= 11 is 0. The van der Waals surface area contributed by atoms with Crippen LogP contribution in [0.3, 0.4) is 0 Å². The Bertz CT molecular complexity index is 1240. The average Bonchev–Trinajstić information content (AvgIpc) is 2.83. The van der Waals surface area contributed by atoms with Crippen LogP contribution >= 0.6 is 0 Å². The van der Waals surface area contributed by atoms with Gasteiger partial charge >= 0.3 is 6.01 Å². The number of fused-ring (bicyclic) bond motifs is 3. The van der Waals surface area contributed by atoms with Crippen LogP contribution in [0.25, 0.3) is 11.0 Å². The predicted molar refractivity (Wildman–Crippen MR) is 140 cm³/mol. The molecule has 3 aliphatic heterocycles. The highest BCUT2D eigenvalue weighted by atomic mass is 16.5. The lowest BCUT2D eigenvalue weighted by Crippen LogP contribution is -2.57. The van der Waals surface area contributed by atoms with Gasteiger partial charge < -0.3 is 23.7 Å². The lowest BCUT2D eigenvalue weighted by atomic mass is 9.95. The van der Waals surface area contributed by atoms with E-state index in [4.69, 9.17) is 14.2 Å². The third-order valence-electron chi connectivity index (χ3n) is 7.09. The van der Waals surface area contributed by atoms with Gasteiger partial charge in [-0.1, -0.05) is 14.9 Å². The molecule has 0 radical (unpaired) electrons. The van der Waals surface area contributed by atoms with Crippen LogP contribution in [0.1, 0.15) is 52.5 Å². The fourth-order valence-electron chi connectivity index (χ4n) is 5.21. The topological polar surface area (TPSA) is 91.6 Å². The van der Waals surface area contributed by atoms with E-state index in [2.05, 4.69) is 32.0 Å². The van der Waals surface area contributed by atoms with E-state index in [1.165, 1.54) is 6.20 Å². The lowest BCUT2D eigenvalue weighted by Gasteiger charge is -2.48. The predicted octanol–water partition coefficient (Wildman–Crippen LogP) is 4.05. The largest absolute Gasteiger partial charge is 0.488 e. The molecule has 1 saturated carbocycles. The number of aromatic nitrogens is 4. The second kappa shape index (κ2) is 10.4. The van der Waals surface area contributed by atoms with Crippen molar-refractivity contribution in [3.8, 4) is 11.8 Å². The fraction of sp³-hybridized carbons (Fsp3) is 0.556. The molecule has 9 nitrogen and oxygen atoms in total. The van der Waals surface area contributed by atoms with Gasteiger partial charge in [-0.25, -0.2) is 15.0 Å². The zero-order valence-corrected chi connectivity index (χ0v) is 19.5. The average molecular weight is 496 g/mol. The first-order valence-electron chi connectivity index (χ1n) is 12.0. The summed E-state index contributed by atoms with van der Waals surface area (Å²) in [6.45, 7) is 3.70. The molecule has 2 atom stereocenters. The second-order valence-corrected chi connectivity index (χ2v) is 9.67. The summed E-state index contributed by atoms with van der Waals surface area (Å²) in [5, 5.41) is 0. The van der Waals surface area contributed by atoms with Crippen molar-refractivity contribution in [1.29, 1.82) is 0 Å². The van der Waals surface area contributed by atoms with Crippen LogP contribution in [-0.4, -0.2) is 57.0 Å². The van der Waals surface area contributed by atoms with Crippen LogP contribution in [0.4, 0.5) is 5.69 Å². The van der Waals surface area contributed by atoms with Crippen LogP contribution in [0, 0.1) is 6.92 Å². The van der Waals surface area contributed by atoms with Crippen molar-refractivity contribution in [3.63, 3.8) is 0 Å². The highest BCUT2D eigenvalue weighted by Gasteiger charge is 2.38. The maximum absolute atomic E-state index is 12.3. The number of ether oxygens (including phenoxy) is 3. The van der Waals surface area contributed by atoms with Crippen molar-refractivity contribution in [2.75, 3.05) is 18.0 Å². The molecule has 194 valence electrons. The van der Waals surface area contributed by atoms with Gasteiger partial charge in [0.1, 0.15) is 17.4 Å². The standard InChI is InChI=1S/C25H29N5O4.2CH4/c1-15-10-27-25(28-11-15)34-18-5-3-17(4-6-18)33-22-8-16(30-13-19-9-20(14-30)32-19)7-21-24(22)29(2)23(31)12-26-21;;/h7-8,10-12,17-20H,3-6,9,13-14H2,1-2H3;2*1H4. The summed E-state index contributed by atoms with van der Waals surface area (Å²) in [6.07, 6.45) is 10.2. The molecule has 0 spiro atoms. The summed E-state index contributed by atoms with van der Waals surface area (Å²) in [6, 6.07) is 4.55. The Kier molecular flexibility index (Phi) is 7.49. The van der Waals surface area contributed by atoms with E-state index in [1.807, 2.05) is 6.92 Å². The van der Waals surface area contributed by atoms with E-state index in [0.717, 1.165) is 67.5 Å². The molecule has 0 amide bonds. The minimum Gasteiger partial charge on any atom is -0.488 e. The molecule has 4 fully saturated rings. The highest BCUT2D eigenvalue weighted by Crippen LogP contribution is 2.37. The lowest BCUT2D eigenvalue weighted by molar-refractivity contribution is -0.133. The monoisotopic (exact) mass is 495 g/mol. The first kappa shape index (κ1) is 25.9. The molecule has 5 heterocycles. The van der Waals surface area contributed by atoms with Crippen LogP contribution < -0.4 is 19.9 Å². The van der Waals surface area contributed by atoms with Crippen molar-refractivity contribution in [3.05, 3.63) is 46.6 Å². The quantitative estimate of drug-likeness (QED) is 0.524. The Labute approximate surface area is 212 Å². The Hall–Kier alpha value is -3.20. The summed E-state index contributed by atoms with van der Waals surface area (Å²) in [5.74, 6) is 0.714. The zero-order chi connectivity index (χ0) is 23.2. The zero-order valence-electron chi connectivity index (χ0n) is 19.5. The molecular formula is C27H37N5O4. The van der Waals surface area contributed by atoms with Gasteiger partial charge in [0.2, 0.25) is 0 Å². The highest BCUT2D eigenvalue weighted by molar-refractivity contribution is 5.86. The number of rotatable bonds is 5. The van der Waals surface area contributed by atoms with Gasteiger partial charge in [-0.2, -0.15) is 0 Å². The molecule has 9 heteroatoms. The number of benzene rings is 1. The molecule has 1 aromatic carbocycles. The van der Waals surface area contributed by atoms with Crippen LogP contribution in [0.5, 0.6) is 11.8 Å². The van der Waals surface area contributed by atoms with E-state index in [1.54, 1.807) is 24.0 Å². The molecule has 36 heavy (non-hydrogen) atoms. The van der Waals surface area contributed by atoms with Crippen molar-refractivity contribution in [2.45, 2.75) is 78.3 Å². The van der Waals surface area contributed by atoms with E-state index < -0.39 is 0 Å². The van der Waals surface area contributed by atoms with Gasteiger partial charge in [-0.15, -0.1) is 0 Å². The molecule has 1 aliphatic carbocycles. The van der Waals surface area contributed by atoms with Gasteiger partial charge in [0.15, 0.2) is 0 Å². The van der Waals surface area contributed by atoms with Gasteiger partial charge in [0.25, 0.3) is 5.56 Å². The Morgan fingerprint density at radius 3 is 2.17 bits per heavy atom. The third-order valence-corrected chi connectivity index (χ3v) is 7.09. The summed E-state index contributed by atoms with van der Waals surface area (Å²) < 4.78 is 19.9. The van der Waals surface area contributed by atoms with Crippen molar-refractivity contribution in [1.82, 2.24) is 19.5 Å². The minimum absolute atomic E-state index is 0. The van der Waals surface area contributed by atoms with Gasteiger partial charge in [-0.05, 0) is 44.2 Å². The van der Waals surface area contributed by atoms with Crippen molar-refractivity contribution >= 4 is 16.7 Å². The molecule has 0 N–H and O–H groups in total. The van der Waals surface area contributed by atoms with Crippen LogP contribution in [0.2, 0.25) is 0 Å². The molecular weight excluding hydrogens is 458 g/mol. The number of piperidine rings is 1. The smallest absolute Gasteiger partial charge is 0.316 e. The van der Waals surface area contributed by atoms with Crippen LogP contribution in [0.15, 0.2) is 35.5 Å². The Morgan fingerprint density at radius 2 is 1.53 bits per heavy atom. The van der Waals surface area contributed by atoms with E-state index in [0.29, 0.717) is 24.0 Å². The third kappa shape index (κ3) is 5.02. The molecule has 2 unspecified atom stereocenters. The molecule has 3 aromatic rings. The van der Waals surface area contributed by atoms with Gasteiger partial charge in [-0.3, -0.25) is 4.79 Å². The van der Waals surface area contributed by atoms with E-state index in [9.17, 15) is 4.79 Å². The van der Waals surface area contributed by atoms with Gasteiger partial charge in [0.05, 0.1) is 30.0 Å². The summed E-state index contributed by atoms with van der Waals surface area (Å²) in [5.41, 5.74) is 3.44. The number of anilines is 1. The number of aryl methyl sites for hydroxylation is 2. The summed E-state index contributed by atoms with van der Waals surface area (Å²) in [7, 11) is 1.77. The molecule has 3 saturated heterocycles. The first-order chi connectivity index (χ1) is 16.5. The van der Waals surface area contributed by atoms with Gasteiger partial charge in [0, 0.05) is 50.7 Å². The maximum atomic E-state index is 12.3. The molecule has 7 rings (SSSR count). The van der Waals surface area contributed by atoms with Crippen LogP contribution in [-0.2, 0) is 11.8 Å². The normalized spacial score (nSPS) is 24.8. The number of hydrogen-bond acceptors (Lipinski definition) is 8. The van der Waals surface area contributed by atoms with Crippen molar-refractivity contribution < 1.29 is 14.2 Å². The number of morpholine rings is 1. The second-order valence-electron chi connectivity index (χ2n) is 9.67.